The Labute approximate surface area is 163 Å². The third-order valence-electron chi connectivity index (χ3n) is 5.07. The van der Waals surface area contributed by atoms with Gasteiger partial charge in [-0.25, -0.2) is 4.63 Å². The van der Waals surface area contributed by atoms with Crippen LogP contribution >= 0.6 is 11.6 Å². The number of carbonyl (C=O) groups is 2. The number of nitrogens with zero attached hydrogens (tertiary/aromatic N) is 3. The summed E-state index contributed by atoms with van der Waals surface area (Å²) in [7, 11) is 1.73. The van der Waals surface area contributed by atoms with Gasteiger partial charge in [-0.3, -0.25) is 9.59 Å². The fraction of sp³-hybridized carbons (Fsp3) is 0.474. The number of hydrogen-bond acceptors (Lipinski definition) is 5. The molecule has 0 spiro atoms. The Bertz CT molecular complexity index is 821. The predicted molar refractivity (Wildman–Crippen MR) is 100 cm³/mol. The molecule has 0 bridgehead atoms. The van der Waals surface area contributed by atoms with Crippen LogP contribution in [0, 0.1) is 6.92 Å². The molecule has 1 saturated heterocycles. The fourth-order valence-corrected chi connectivity index (χ4v) is 3.54. The summed E-state index contributed by atoms with van der Waals surface area (Å²) in [6, 6.07) is 7.61. The Morgan fingerprint density at radius 1 is 1.33 bits per heavy atom. The van der Waals surface area contributed by atoms with E-state index in [-0.39, 0.29) is 11.8 Å². The highest BCUT2D eigenvalue weighted by Gasteiger charge is 2.38. The van der Waals surface area contributed by atoms with E-state index in [0.29, 0.717) is 48.6 Å². The molecule has 2 heterocycles. The van der Waals surface area contributed by atoms with Crippen molar-refractivity contribution >= 4 is 23.4 Å². The number of amides is 2. The van der Waals surface area contributed by atoms with E-state index in [1.165, 1.54) is 0 Å². The third kappa shape index (κ3) is 4.86. The average Bonchev–Trinajstić information content (AvgIpc) is 3.21. The number of rotatable bonds is 7. The number of carbonyl (C=O) groups excluding carboxylic acids is 2. The Kier molecular flexibility index (Phi) is 5.79. The van der Waals surface area contributed by atoms with Crippen LogP contribution in [0.1, 0.15) is 42.6 Å². The standard InChI is InChI=1S/C19H23ClN4O3/c1-13-16(23-27-22-13)12-24(2)18(26)8-10-19(9-7-17(25)21-19)11-14-3-5-15(20)6-4-14/h3-6H,7-12H2,1-2H3,(H,21,25). The van der Waals surface area contributed by atoms with Gasteiger partial charge in [0.1, 0.15) is 11.4 Å². The topological polar surface area (TPSA) is 88.3 Å². The van der Waals surface area contributed by atoms with Crippen molar-refractivity contribution in [1.29, 1.82) is 0 Å². The molecule has 7 nitrogen and oxygen atoms in total. The monoisotopic (exact) mass is 390 g/mol. The first-order valence-corrected chi connectivity index (χ1v) is 9.32. The van der Waals surface area contributed by atoms with E-state index in [2.05, 4.69) is 20.3 Å². The van der Waals surface area contributed by atoms with Gasteiger partial charge in [-0.2, -0.15) is 0 Å². The number of aryl methyl sites for hydroxylation is 1. The van der Waals surface area contributed by atoms with E-state index in [4.69, 9.17) is 11.6 Å². The number of hydrogen-bond donors (Lipinski definition) is 1. The molecule has 2 amide bonds. The lowest BCUT2D eigenvalue weighted by Gasteiger charge is -2.30. The fourth-order valence-electron chi connectivity index (χ4n) is 3.42. The van der Waals surface area contributed by atoms with Gasteiger partial charge in [0.2, 0.25) is 11.8 Å². The van der Waals surface area contributed by atoms with Crippen LogP contribution in [0.3, 0.4) is 0 Å². The summed E-state index contributed by atoms with van der Waals surface area (Å²) in [6.07, 6.45) is 2.81. The largest absolute Gasteiger partial charge is 0.350 e. The summed E-state index contributed by atoms with van der Waals surface area (Å²) in [6.45, 7) is 2.14. The Balaban J connectivity index is 1.62. The van der Waals surface area contributed by atoms with E-state index in [0.717, 1.165) is 12.0 Å². The average molecular weight is 391 g/mol. The van der Waals surface area contributed by atoms with Gasteiger partial charge in [-0.05, 0) is 43.9 Å². The van der Waals surface area contributed by atoms with Crippen LogP contribution in [-0.4, -0.2) is 39.6 Å². The van der Waals surface area contributed by atoms with E-state index >= 15 is 0 Å². The van der Waals surface area contributed by atoms with Gasteiger partial charge in [0, 0.05) is 30.5 Å². The zero-order valence-corrected chi connectivity index (χ0v) is 16.3. The highest BCUT2D eigenvalue weighted by Crippen LogP contribution is 2.30. The molecule has 1 aliphatic rings. The predicted octanol–water partition coefficient (Wildman–Crippen LogP) is 2.66. The van der Waals surface area contributed by atoms with Crippen LogP contribution in [0.15, 0.2) is 28.9 Å². The van der Waals surface area contributed by atoms with Crippen LogP contribution in [0.25, 0.3) is 0 Å². The SMILES string of the molecule is Cc1nonc1CN(C)C(=O)CCC1(Cc2ccc(Cl)cc2)CCC(=O)N1. The van der Waals surface area contributed by atoms with Gasteiger partial charge in [0.15, 0.2) is 0 Å². The molecule has 1 aromatic carbocycles. The Morgan fingerprint density at radius 2 is 2.07 bits per heavy atom. The zero-order valence-electron chi connectivity index (χ0n) is 15.5. The minimum Gasteiger partial charge on any atom is -0.350 e. The first kappa shape index (κ1) is 19.4. The molecule has 3 rings (SSSR count). The van der Waals surface area contributed by atoms with Crippen molar-refractivity contribution < 1.29 is 14.2 Å². The Morgan fingerprint density at radius 3 is 2.67 bits per heavy atom. The second-order valence-electron chi connectivity index (χ2n) is 7.18. The summed E-state index contributed by atoms with van der Waals surface area (Å²) in [4.78, 5) is 26.1. The number of aromatic nitrogens is 2. The molecule has 1 aliphatic heterocycles. The van der Waals surface area contributed by atoms with E-state index in [1.807, 2.05) is 24.3 Å². The minimum atomic E-state index is -0.396. The van der Waals surface area contributed by atoms with Crippen molar-refractivity contribution in [2.45, 2.75) is 51.1 Å². The Hall–Kier alpha value is -2.41. The molecule has 1 atom stereocenters. The van der Waals surface area contributed by atoms with Crippen molar-refractivity contribution in [1.82, 2.24) is 20.5 Å². The van der Waals surface area contributed by atoms with Crippen molar-refractivity contribution in [3.63, 3.8) is 0 Å². The van der Waals surface area contributed by atoms with Crippen LogP contribution in [-0.2, 0) is 22.6 Å². The van der Waals surface area contributed by atoms with Gasteiger partial charge < -0.3 is 10.2 Å². The van der Waals surface area contributed by atoms with Gasteiger partial charge in [0.25, 0.3) is 0 Å². The minimum absolute atomic E-state index is 0.00553. The summed E-state index contributed by atoms with van der Waals surface area (Å²) in [5.74, 6) is 0.0306. The number of halogens is 1. The molecule has 144 valence electrons. The van der Waals surface area contributed by atoms with Gasteiger partial charge in [0.05, 0.1) is 6.54 Å². The van der Waals surface area contributed by atoms with Crippen LogP contribution < -0.4 is 5.32 Å². The van der Waals surface area contributed by atoms with E-state index < -0.39 is 5.54 Å². The molecule has 0 radical (unpaired) electrons. The summed E-state index contributed by atoms with van der Waals surface area (Å²) in [5.41, 5.74) is 2.02. The van der Waals surface area contributed by atoms with Crippen molar-refractivity contribution in [3.8, 4) is 0 Å². The molecule has 1 unspecified atom stereocenters. The first-order chi connectivity index (χ1) is 12.9. The third-order valence-corrected chi connectivity index (χ3v) is 5.32. The molecule has 8 heteroatoms. The summed E-state index contributed by atoms with van der Waals surface area (Å²) >= 11 is 5.96. The van der Waals surface area contributed by atoms with Crippen molar-refractivity contribution in [2.24, 2.45) is 0 Å². The molecule has 1 N–H and O–H groups in total. The normalized spacial score (nSPS) is 19.1. The molecule has 0 aliphatic carbocycles. The molecule has 27 heavy (non-hydrogen) atoms. The second-order valence-corrected chi connectivity index (χ2v) is 7.61. The lowest BCUT2D eigenvalue weighted by atomic mass is 9.85. The number of benzene rings is 1. The van der Waals surface area contributed by atoms with Gasteiger partial charge >= 0.3 is 0 Å². The smallest absolute Gasteiger partial charge is 0.222 e. The highest BCUT2D eigenvalue weighted by atomic mass is 35.5. The zero-order chi connectivity index (χ0) is 19.4. The maximum absolute atomic E-state index is 12.6. The van der Waals surface area contributed by atoms with E-state index in [1.54, 1.807) is 18.9 Å². The van der Waals surface area contributed by atoms with Crippen LogP contribution in [0.5, 0.6) is 0 Å². The van der Waals surface area contributed by atoms with Crippen LogP contribution in [0.2, 0.25) is 5.02 Å². The summed E-state index contributed by atoms with van der Waals surface area (Å²) < 4.78 is 4.67. The van der Waals surface area contributed by atoms with E-state index in [9.17, 15) is 9.59 Å². The molecular formula is C19H23ClN4O3. The highest BCUT2D eigenvalue weighted by molar-refractivity contribution is 6.30. The first-order valence-electron chi connectivity index (χ1n) is 8.94. The maximum atomic E-state index is 12.6. The van der Waals surface area contributed by atoms with Gasteiger partial charge in [-0.1, -0.05) is 34.0 Å². The molecule has 1 aromatic heterocycles. The maximum Gasteiger partial charge on any atom is 0.222 e. The lowest BCUT2D eigenvalue weighted by molar-refractivity contribution is -0.131. The summed E-state index contributed by atoms with van der Waals surface area (Å²) in [5, 5.41) is 11.3. The quantitative estimate of drug-likeness (QED) is 0.785. The molecule has 0 saturated carbocycles. The number of nitrogens with one attached hydrogen (secondary N) is 1. The molecule has 2 aromatic rings. The van der Waals surface area contributed by atoms with Crippen molar-refractivity contribution in [2.75, 3.05) is 7.05 Å². The van der Waals surface area contributed by atoms with Crippen molar-refractivity contribution in [3.05, 3.63) is 46.2 Å². The van der Waals surface area contributed by atoms with Crippen LogP contribution in [0.4, 0.5) is 0 Å². The lowest BCUT2D eigenvalue weighted by Crippen LogP contribution is -2.44. The van der Waals surface area contributed by atoms with Gasteiger partial charge in [-0.15, -0.1) is 0 Å². The second kappa shape index (κ2) is 8.08. The molecule has 1 fully saturated rings. The molecular weight excluding hydrogens is 368 g/mol.